The van der Waals surface area contributed by atoms with Crippen molar-refractivity contribution in [2.24, 2.45) is 0 Å². The Hall–Kier alpha value is -3.33. The van der Waals surface area contributed by atoms with Crippen LogP contribution in [0, 0.1) is 11.3 Å². The van der Waals surface area contributed by atoms with Gasteiger partial charge in [0, 0.05) is 0 Å². The van der Waals surface area contributed by atoms with E-state index in [0.717, 1.165) is 0 Å². The molecule has 0 unspecified atom stereocenters. The van der Waals surface area contributed by atoms with E-state index in [4.69, 9.17) is 10.00 Å². The molecule has 22 heavy (non-hydrogen) atoms. The molecule has 3 rings (SSSR count). The number of nitriles is 1. The first kappa shape index (κ1) is 13.6. The highest BCUT2D eigenvalue weighted by molar-refractivity contribution is 5.89. The fraction of sp³-hybridized carbons (Fsp3) is 0.0625. The van der Waals surface area contributed by atoms with Crippen LogP contribution >= 0.6 is 0 Å². The lowest BCUT2D eigenvalue weighted by molar-refractivity contribution is 0.0461. The van der Waals surface area contributed by atoms with Gasteiger partial charge in [0.15, 0.2) is 12.4 Å². The van der Waals surface area contributed by atoms with Gasteiger partial charge in [-0.25, -0.2) is 9.78 Å². The molecular weight excluding hydrogens is 280 g/mol. The first-order valence-corrected chi connectivity index (χ1v) is 6.52. The Balaban J connectivity index is 1.70. The van der Waals surface area contributed by atoms with Crippen LogP contribution < -0.4 is 0 Å². The van der Waals surface area contributed by atoms with Crippen LogP contribution in [0.1, 0.15) is 21.7 Å². The Bertz CT molecular complexity index is 869. The zero-order valence-electron chi connectivity index (χ0n) is 11.4. The van der Waals surface area contributed by atoms with E-state index in [0.29, 0.717) is 28.0 Å². The summed E-state index contributed by atoms with van der Waals surface area (Å²) in [5.41, 5.74) is 2.23. The number of fused-ring (bicyclic) bond motifs is 1. The minimum atomic E-state index is -0.499. The maximum Gasteiger partial charge on any atom is 0.338 e. The summed E-state index contributed by atoms with van der Waals surface area (Å²) in [4.78, 5) is 16.2. The van der Waals surface area contributed by atoms with Crippen molar-refractivity contribution in [3.63, 3.8) is 0 Å². The fourth-order valence-electron chi connectivity index (χ4n) is 1.87. The summed E-state index contributed by atoms with van der Waals surface area (Å²) in [5, 5.41) is 16.6. The van der Waals surface area contributed by atoms with Crippen LogP contribution in [0.2, 0.25) is 0 Å². The second kappa shape index (κ2) is 5.97. The third kappa shape index (κ3) is 2.88. The highest BCUT2D eigenvalue weighted by atomic mass is 16.5. The van der Waals surface area contributed by atoms with Crippen molar-refractivity contribution in [3.05, 3.63) is 65.5 Å². The fourth-order valence-corrected chi connectivity index (χ4v) is 1.87. The predicted molar refractivity (Wildman–Crippen MR) is 77.6 cm³/mol. The summed E-state index contributed by atoms with van der Waals surface area (Å²) in [6.45, 7) is -0.0589. The SMILES string of the molecule is N#Cc1ccc(C(=O)OCc2nnc3ccccc3n2)cc1. The standard InChI is InChI=1S/C16H10N4O2/c17-9-11-5-7-12(8-6-11)16(21)22-10-15-18-13-3-1-2-4-14(13)19-20-15/h1-8H,10H2. The summed E-state index contributed by atoms with van der Waals surface area (Å²) in [5.74, 6) is -0.165. The van der Waals surface area contributed by atoms with Gasteiger partial charge in [-0.05, 0) is 36.4 Å². The average Bonchev–Trinajstić information content (AvgIpc) is 2.59. The van der Waals surface area contributed by atoms with Gasteiger partial charge in [0.25, 0.3) is 0 Å². The van der Waals surface area contributed by atoms with E-state index < -0.39 is 5.97 Å². The number of rotatable bonds is 3. The van der Waals surface area contributed by atoms with E-state index in [1.54, 1.807) is 24.3 Å². The summed E-state index contributed by atoms with van der Waals surface area (Å²) in [6.07, 6.45) is 0. The number of hydrogen-bond acceptors (Lipinski definition) is 6. The third-order valence-corrected chi connectivity index (χ3v) is 2.99. The lowest BCUT2D eigenvalue weighted by atomic mass is 10.1. The molecule has 0 amide bonds. The monoisotopic (exact) mass is 290 g/mol. The zero-order chi connectivity index (χ0) is 15.4. The Kier molecular flexibility index (Phi) is 3.70. The van der Waals surface area contributed by atoms with Crippen molar-refractivity contribution in [3.8, 4) is 6.07 Å². The molecule has 1 aromatic heterocycles. The average molecular weight is 290 g/mol. The van der Waals surface area contributed by atoms with E-state index in [-0.39, 0.29) is 6.61 Å². The quantitative estimate of drug-likeness (QED) is 0.687. The molecule has 0 saturated heterocycles. The van der Waals surface area contributed by atoms with E-state index >= 15 is 0 Å². The van der Waals surface area contributed by atoms with E-state index in [1.165, 1.54) is 0 Å². The summed E-state index contributed by atoms with van der Waals surface area (Å²) < 4.78 is 5.15. The molecule has 0 radical (unpaired) electrons. The van der Waals surface area contributed by atoms with Crippen LogP contribution in [0.15, 0.2) is 48.5 Å². The van der Waals surface area contributed by atoms with Gasteiger partial charge in [0.2, 0.25) is 0 Å². The summed E-state index contributed by atoms with van der Waals surface area (Å²) in [6, 6.07) is 15.5. The molecule has 0 aliphatic carbocycles. The van der Waals surface area contributed by atoms with Crippen LogP contribution in [0.5, 0.6) is 0 Å². The minimum Gasteiger partial charge on any atom is -0.454 e. The van der Waals surface area contributed by atoms with Gasteiger partial charge in [-0.3, -0.25) is 0 Å². The number of nitrogens with zero attached hydrogens (tertiary/aromatic N) is 4. The van der Waals surface area contributed by atoms with Gasteiger partial charge in [0.1, 0.15) is 5.52 Å². The van der Waals surface area contributed by atoms with Crippen molar-refractivity contribution in [1.29, 1.82) is 5.26 Å². The molecule has 0 spiro atoms. The first-order valence-electron chi connectivity index (χ1n) is 6.52. The number of ether oxygens (including phenoxy) is 1. The van der Waals surface area contributed by atoms with Crippen LogP contribution in [-0.4, -0.2) is 21.2 Å². The maximum atomic E-state index is 11.9. The molecular formula is C16H10N4O2. The molecule has 106 valence electrons. The van der Waals surface area contributed by atoms with Gasteiger partial charge in [-0.2, -0.15) is 5.26 Å². The lowest BCUT2D eigenvalue weighted by Crippen LogP contribution is -2.08. The molecule has 0 atom stereocenters. The zero-order valence-corrected chi connectivity index (χ0v) is 11.4. The molecule has 6 nitrogen and oxygen atoms in total. The highest BCUT2D eigenvalue weighted by Crippen LogP contribution is 2.09. The largest absolute Gasteiger partial charge is 0.454 e. The van der Waals surface area contributed by atoms with Crippen LogP contribution in [0.4, 0.5) is 0 Å². The smallest absolute Gasteiger partial charge is 0.338 e. The Morgan fingerprint density at radius 1 is 1.05 bits per heavy atom. The molecule has 0 aliphatic rings. The van der Waals surface area contributed by atoms with Gasteiger partial charge in [0.05, 0.1) is 22.7 Å². The number of aromatic nitrogens is 3. The third-order valence-electron chi connectivity index (χ3n) is 2.99. The second-order valence-corrected chi connectivity index (χ2v) is 4.48. The number of para-hydroxylation sites is 1. The molecule has 0 N–H and O–H groups in total. The van der Waals surface area contributed by atoms with Gasteiger partial charge in [-0.15, -0.1) is 10.2 Å². The first-order chi connectivity index (χ1) is 10.8. The van der Waals surface area contributed by atoms with Crippen molar-refractivity contribution in [2.45, 2.75) is 6.61 Å². The summed E-state index contributed by atoms with van der Waals surface area (Å²) >= 11 is 0. The van der Waals surface area contributed by atoms with Gasteiger partial charge < -0.3 is 4.74 Å². The Labute approximate surface area is 126 Å². The van der Waals surface area contributed by atoms with Crippen molar-refractivity contribution >= 4 is 17.0 Å². The molecule has 2 aromatic carbocycles. The number of esters is 1. The second-order valence-electron chi connectivity index (χ2n) is 4.48. The normalized spacial score (nSPS) is 10.1. The maximum absolute atomic E-state index is 11.9. The Morgan fingerprint density at radius 2 is 1.77 bits per heavy atom. The van der Waals surface area contributed by atoms with Crippen LogP contribution in [-0.2, 0) is 11.3 Å². The molecule has 0 fully saturated rings. The lowest BCUT2D eigenvalue weighted by Gasteiger charge is -2.04. The van der Waals surface area contributed by atoms with Gasteiger partial charge >= 0.3 is 5.97 Å². The molecule has 6 heteroatoms. The Morgan fingerprint density at radius 3 is 2.50 bits per heavy atom. The number of carbonyl (C=O) groups is 1. The molecule has 3 aromatic rings. The summed E-state index contributed by atoms with van der Waals surface area (Å²) in [7, 11) is 0. The molecule has 0 aliphatic heterocycles. The van der Waals surface area contributed by atoms with Gasteiger partial charge in [-0.1, -0.05) is 12.1 Å². The number of hydrogen-bond donors (Lipinski definition) is 0. The van der Waals surface area contributed by atoms with Crippen molar-refractivity contribution < 1.29 is 9.53 Å². The predicted octanol–water partition coefficient (Wildman–Crippen LogP) is 2.25. The van der Waals surface area contributed by atoms with E-state index in [2.05, 4.69) is 15.2 Å². The van der Waals surface area contributed by atoms with Crippen LogP contribution in [0.25, 0.3) is 11.0 Å². The number of benzene rings is 2. The highest BCUT2D eigenvalue weighted by Gasteiger charge is 2.09. The minimum absolute atomic E-state index is 0.0589. The molecule has 0 saturated carbocycles. The van der Waals surface area contributed by atoms with E-state index in [9.17, 15) is 4.79 Å². The number of carbonyl (C=O) groups excluding carboxylic acids is 1. The van der Waals surface area contributed by atoms with Crippen molar-refractivity contribution in [2.75, 3.05) is 0 Å². The topological polar surface area (TPSA) is 88.8 Å². The molecule has 1 heterocycles. The van der Waals surface area contributed by atoms with Crippen molar-refractivity contribution in [1.82, 2.24) is 15.2 Å². The van der Waals surface area contributed by atoms with Crippen LogP contribution in [0.3, 0.4) is 0 Å². The molecule has 0 bridgehead atoms. The van der Waals surface area contributed by atoms with E-state index in [1.807, 2.05) is 30.3 Å².